The zero-order valence-corrected chi connectivity index (χ0v) is 11.2. The molecule has 0 radical (unpaired) electrons. The van der Waals surface area contributed by atoms with Crippen LogP contribution in [0.3, 0.4) is 0 Å². The van der Waals surface area contributed by atoms with Crippen molar-refractivity contribution in [2.75, 3.05) is 20.2 Å². The van der Waals surface area contributed by atoms with E-state index in [1.807, 2.05) is 12.1 Å². The summed E-state index contributed by atoms with van der Waals surface area (Å²) in [6.07, 6.45) is 2.24. The van der Waals surface area contributed by atoms with Crippen LogP contribution in [0.25, 0.3) is 0 Å². The number of ether oxygens (including phenoxy) is 2. The van der Waals surface area contributed by atoms with E-state index in [9.17, 15) is 4.79 Å². The maximum absolute atomic E-state index is 11.4. The molecule has 1 saturated heterocycles. The predicted molar refractivity (Wildman–Crippen MR) is 71.5 cm³/mol. The van der Waals surface area contributed by atoms with Crippen molar-refractivity contribution in [2.24, 2.45) is 0 Å². The quantitative estimate of drug-likeness (QED) is 0.855. The summed E-state index contributed by atoms with van der Waals surface area (Å²) < 4.78 is 10.5. The fraction of sp³-hybridized carbons (Fsp3) is 0.462. The van der Waals surface area contributed by atoms with E-state index < -0.39 is 0 Å². The molecule has 0 saturated carbocycles. The Kier molecular flexibility index (Phi) is 5.95. The number of hydrogen-bond acceptors (Lipinski definition) is 4. The van der Waals surface area contributed by atoms with Crippen LogP contribution in [0.4, 0.5) is 0 Å². The Morgan fingerprint density at radius 1 is 1.33 bits per heavy atom. The lowest BCUT2D eigenvalue weighted by atomic mass is 10.1. The van der Waals surface area contributed by atoms with Gasteiger partial charge in [-0.05, 0) is 44.1 Å². The van der Waals surface area contributed by atoms with Gasteiger partial charge in [0, 0.05) is 0 Å². The third-order valence-corrected chi connectivity index (χ3v) is 2.84. The van der Waals surface area contributed by atoms with E-state index in [2.05, 4.69) is 10.1 Å². The monoisotopic (exact) mass is 271 g/mol. The zero-order valence-electron chi connectivity index (χ0n) is 10.3. The van der Waals surface area contributed by atoms with E-state index in [0.29, 0.717) is 5.56 Å². The number of nitrogens with one attached hydrogen (secondary N) is 1. The fourth-order valence-electron chi connectivity index (χ4n) is 1.92. The Hall–Kier alpha value is -1.26. The molecule has 100 valence electrons. The molecule has 1 N–H and O–H groups in total. The molecule has 18 heavy (non-hydrogen) atoms. The molecule has 0 aromatic heterocycles. The molecule has 0 unspecified atom stereocenters. The highest BCUT2D eigenvalue weighted by Gasteiger charge is 2.15. The SMILES string of the molecule is COC(=O)c1cccc(OC2CCNCC2)c1.Cl. The second kappa shape index (κ2) is 7.24. The minimum absolute atomic E-state index is 0. The van der Waals surface area contributed by atoms with Gasteiger partial charge in [0.05, 0.1) is 12.7 Å². The summed E-state index contributed by atoms with van der Waals surface area (Å²) in [6, 6.07) is 7.13. The van der Waals surface area contributed by atoms with Gasteiger partial charge in [0.25, 0.3) is 0 Å². The first-order valence-corrected chi connectivity index (χ1v) is 5.85. The van der Waals surface area contributed by atoms with Gasteiger partial charge in [-0.3, -0.25) is 0 Å². The zero-order chi connectivity index (χ0) is 12.1. The van der Waals surface area contributed by atoms with Gasteiger partial charge in [0.2, 0.25) is 0 Å². The molecule has 0 aliphatic carbocycles. The van der Waals surface area contributed by atoms with Crippen molar-refractivity contribution in [1.29, 1.82) is 0 Å². The molecule has 4 nitrogen and oxygen atoms in total. The van der Waals surface area contributed by atoms with E-state index in [1.165, 1.54) is 7.11 Å². The average Bonchev–Trinajstić information content (AvgIpc) is 2.39. The first-order chi connectivity index (χ1) is 8.29. The Bertz CT molecular complexity index is 392. The van der Waals surface area contributed by atoms with Crippen LogP contribution < -0.4 is 10.1 Å². The van der Waals surface area contributed by atoms with Crippen molar-refractivity contribution in [2.45, 2.75) is 18.9 Å². The summed E-state index contributed by atoms with van der Waals surface area (Å²) in [5.74, 6) is 0.403. The highest BCUT2D eigenvalue weighted by molar-refractivity contribution is 5.89. The Labute approximate surface area is 113 Å². The highest BCUT2D eigenvalue weighted by Crippen LogP contribution is 2.18. The molecule has 0 spiro atoms. The van der Waals surface area contributed by atoms with Crippen LogP contribution in [0, 0.1) is 0 Å². The number of methoxy groups -OCH3 is 1. The summed E-state index contributed by atoms with van der Waals surface area (Å²) in [4.78, 5) is 11.4. The summed E-state index contributed by atoms with van der Waals surface area (Å²) in [5, 5.41) is 3.29. The number of halogens is 1. The number of carbonyl (C=O) groups is 1. The lowest BCUT2D eigenvalue weighted by Crippen LogP contribution is -2.34. The first kappa shape index (κ1) is 14.8. The van der Waals surface area contributed by atoms with Gasteiger partial charge >= 0.3 is 5.97 Å². The van der Waals surface area contributed by atoms with E-state index in [1.54, 1.807) is 12.1 Å². The van der Waals surface area contributed by atoms with Gasteiger partial charge in [0.15, 0.2) is 0 Å². The minimum Gasteiger partial charge on any atom is -0.490 e. The Morgan fingerprint density at radius 3 is 2.72 bits per heavy atom. The van der Waals surface area contributed by atoms with Crippen LogP contribution in [-0.2, 0) is 4.74 Å². The van der Waals surface area contributed by atoms with Gasteiger partial charge in [0.1, 0.15) is 11.9 Å². The molecule has 0 amide bonds. The largest absolute Gasteiger partial charge is 0.490 e. The maximum atomic E-state index is 11.4. The number of piperidine rings is 1. The normalized spacial score (nSPS) is 15.6. The topological polar surface area (TPSA) is 47.6 Å². The lowest BCUT2D eigenvalue weighted by molar-refractivity contribution is 0.0599. The van der Waals surface area contributed by atoms with Crippen LogP contribution >= 0.6 is 12.4 Å². The number of esters is 1. The van der Waals surface area contributed by atoms with E-state index >= 15 is 0 Å². The van der Waals surface area contributed by atoms with Crippen LogP contribution in [0.5, 0.6) is 5.75 Å². The molecule has 1 heterocycles. The molecule has 1 aromatic carbocycles. The van der Waals surface area contributed by atoms with Crippen molar-refractivity contribution in [3.8, 4) is 5.75 Å². The summed E-state index contributed by atoms with van der Waals surface area (Å²) in [6.45, 7) is 1.97. The van der Waals surface area contributed by atoms with E-state index in [4.69, 9.17) is 4.74 Å². The second-order valence-corrected chi connectivity index (χ2v) is 4.09. The minimum atomic E-state index is -0.333. The molecular weight excluding hydrogens is 254 g/mol. The van der Waals surface area contributed by atoms with Gasteiger partial charge in [-0.25, -0.2) is 4.79 Å². The summed E-state index contributed by atoms with van der Waals surface area (Å²) >= 11 is 0. The Balaban J connectivity index is 0.00000162. The number of benzene rings is 1. The number of carbonyl (C=O) groups excluding carboxylic acids is 1. The number of rotatable bonds is 3. The third kappa shape index (κ3) is 3.89. The molecule has 5 heteroatoms. The first-order valence-electron chi connectivity index (χ1n) is 5.85. The Morgan fingerprint density at radius 2 is 2.06 bits per heavy atom. The van der Waals surface area contributed by atoms with Gasteiger partial charge in [-0.15, -0.1) is 12.4 Å². The van der Waals surface area contributed by atoms with Crippen LogP contribution in [-0.4, -0.2) is 32.3 Å². The highest BCUT2D eigenvalue weighted by atomic mass is 35.5. The molecule has 0 bridgehead atoms. The lowest BCUT2D eigenvalue weighted by Gasteiger charge is -2.23. The fourth-order valence-corrected chi connectivity index (χ4v) is 1.92. The average molecular weight is 272 g/mol. The maximum Gasteiger partial charge on any atom is 0.337 e. The van der Waals surface area contributed by atoms with E-state index in [-0.39, 0.29) is 24.5 Å². The summed E-state index contributed by atoms with van der Waals surface area (Å²) in [7, 11) is 1.38. The van der Waals surface area contributed by atoms with Crippen LogP contribution in [0.2, 0.25) is 0 Å². The standard InChI is InChI=1S/C13H17NO3.ClH/c1-16-13(15)10-3-2-4-12(9-10)17-11-5-7-14-8-6-11;/h2-4,9,11,14H,5-8H2,1H3;1H. The van der Waals surface area contributed by atoms with Gasteiger partial charge < -0.3 is 14.8 Å². The predicted octanol–water partition coefficient (Wildman–Crippen LogP) is 2.03. The van der Waals surface area contributed by atoms with Gasteiger partial charge in [-0.2, -0.15) is 0 Å². The molecule has 1 fully saturated rings. The summed E-state index contributed by atoms with van der Waals surface area (Å²) in [5.41, 5.74) is 0.527. The molecule has 2 rings (SSSR count). The second-order valence-electron chi connectivity index (χ2n) is 4.09. The van der Waals surface area contributed by atoms with Crippen molar-refractivity contribution in [1.82, 2.24) is 5.32 Å². The molecule has 1 aromatic rings. The molecular formula is C13H18ClNO3. The van der Waals surface area contributed by atoms with Crippen LogP contribution in [0.15, 0.2) is 24.3 Å². The molecule has 1 aliphatic heterocycles. The van der Waals surface area contributed by atoms with Crippen molar-refractivity contribution in [3.63, 3.8) is 0 Å². The van der Waals surface area contributed by atoms with Crippen LogP contribution in [0.1, 0.15) is 23.2 Å². The molecule has 1 aliphatic rings. The third-order valence-electron chi connectivity index (χ3n) is 2.84. The van der Waals surface area contributed by atoms with Crippen molar-refractivity contribution < 1.29 is 14.3 Å². The smallest absolute Gasteiger partial charge is 0.337 e. The van der Waals surface area contributed by atoms with E-state index in [0.717, 1.165) is 31.7 Å². The van der Waals surface area contributed by atoms with Crippen molar-refractivity contribution in [3.05, 3.63) is 29.8 Å². The molecule has 0 atom stereocenters. The van der Waals surface area contributed by atoms with Crippen molar-refractivity contribution >= 4 is 18.4 Å². The number of hydrogen-bond donors (Lipinski definition) is 1. The van der Waals surface area contributed by atoms with Gasteiger partial charge in [-0.1, -0.05) is 6.07 Å².